The number of isocyanates is 2. The molecule has 18 heavy (non-hydrogen) atoms. The summed E-state index contributed by atoms with van der Waals surface area (Å²) >= 11 is 0. The Balaban J connectivity index is 2.83. The summed E-state index contributed by atoms with van der Waals surface area (Å²) in [7, 11) is 0. The van der Waals surface area contributed by atoms with Crippen molar-refractivity contribution in [1.82, 2.24) is 0 Å². The van der Waals surface area contributed by atoms with Gasteiger partial charge >= 0.3 is 0 Å². The van der Waals surface area contributed by atoms with Crippen LogP contribution in [0.1, 0.15) is 36.8 Å². The van der Waals surface area contributed by atoms with Crippen molar-refractivity contribution in [2.75, 3.05) is 13.1 Å². The molecular weight excluding hydrogens is 228 g/mol. The average molecular weight is 244 g/mol. The van der Waals surface area contributed by atoms with Crippen molar-refractivity contribution in [3.63, 3.8) is 0 Å². The second kappa shape index (κ2) is 7.33. The van der Waals surface area contributed by atoms with E-state index in [1.54, 1.807) is 12.2 Å². The summed E-state index contributed by atoms with van der Waals surface area (Å²) in [6, 6.07) is 8.04. The van der Waals surface area contributed by atoms with Gasteiger partial charge in [0.2, 0.25) is 12.2 Å². The first kappa shape index (κ1) is 14.0. The van der Waals surface area contributed by atoms with Crippen molar-refractivity contribution in [2.45, 2.75) is 25.7 Å². The minimum atomic E-state index is 0.174. The van der Waals surface area contributed by atoms with E-state index in [1.807, 2.05) is 32.0 Å². The van der Waals surface area contributed by atoms with Crippen molar-refractivity contribution in [3.8, 4) is 0 Å². The fourth-order valence-electron chi connectivity index (χ4n) is 1.73. The smallest absolute Gasteiger partial charge is 0.211 e. The molecule has 2 atom stereocenters. The summed E-state index contributed by atoms with van der Waals surface area (Å²) in [5, 5.41) is 0. The molecule has 0 aliphatic heterocycles. The van der Waals surface area contributed by atoms with Gasteiger partial charge in [-0.1, -0.05) is 38.1 Å². The molecule has 1 aromatic rings. The van der Waals surface area contributed by atoms with Crippen molar-refractivity contribution < 1.29 is 9.59 Å². The van der Waals surface area contributed by atoms with Gasteiger partial charge in [-0.3, -0.25) is 0 Å². The lowest BCUT2D eigenvalue weighted by Crippen LogP contribution is -2.02. The van der Waals surface area contributed by atoms with Gasteiger partial charge in [0.25, 0.3) is 0 Å². The van der Waals surface area contributed by atoms with Crippen LogP contribution in [-0.4, -0.2) is 25.2 Å². The Kier molecular flexibility index (Phi) is 5.72. The number of carbonyl (C=O) groups excluding carboxylic acids is 2. The van der Waals surface area contributed by atoms with E-state index in [1.165, 1.54) is 0 Å². The van der Waals surface area contributed by atoms with Crippen LogP contribution in [0, 0.1) is 0 Å². The van der Waals surface area contributed by atoms with E-state index in [4.69, 9.17) is 0 Å². The normalized spacial score (nSPS) is 13.0. The monoisotopic (exact) mass is 244 g/mol. The van der Waals surface area contributed by atoms with Crippen molar-refractivity contribution in [2.24, 2.45) is 9.98 Å². The highest BCUT2D eigenvalue weighted by atomic mass is 16.1. The molecule has 0 N–H and O–H groups in total. The van der Waals surface area contributed by atoms with Gasteiger partial charge in [0.05, 0.1) is 13.1 Å². The molecule has 0 bridgehead atoms. The van der Waals surface area contributed by atoms with Crippen LogP contribution in [0.4, 0.5) is 0 Å². The third-order valence-corrected chi connectivity index (χ3v) is 2.91. The molecule has 0 aromatic heterocycles. The van der Waals surface area contributed by atoms with Gasteiger partial charge < -0.3 is 0 Å². The van der Waals surface area contributed by atoms with Crippen LogP contribution in [0.25, 0.3) is 0 Å². The molecule has 4 nitrogen and oxygen atoms in total. The summed E-state index contributed by atoms with van der Waals surface area (Å²) in [6.07, 6.45) is 3.10. The highest BCUT2D eigenvalue weighted by Gasteiger charge is 2.09. The van der Waals surface area contributed by atoms with Gasteiger partial charge in [-0.05, 0) is 11.1 Å². The van der Waals surface area contributed by atoms with E-state index in [2.05, 4.69) is 16.1 Å². The van der Waals surface area contributed by atoms with E-state index in [0.29, 0.717) is 13.1 Å². The van der Waals surface area contributed by atoms with Crippen LogP contribution in [-0.2, 0) is 9.59 Å². The predicted molar refractivity (Wildman–Crippen MR) is 69.2 cm³/mol. The topological polar surface area (TPSA) is 58.9 Å². The Labute approximate surface area is 106 Å². The van der Waals surface area contributed by atoms with Gasteiger partial charge in [-0.2, -0.15) is 0 Å². The molecule has 0 heterocycles. The third kappa shape index (κ3) is 4.10. The standard InChI is InChI=1S/C14H16N2O2/c1-11(7-15-9-17)13-4-3-5-14(6-13)12(2)8-16-10-18/h3-6,11-12H,7-8H2,1-2H3. The lowest BCUT2D eigenvalue weighted by Gasteiger charge is -2.13. The van der Waals surface area contributed by atoms with E-state index in [0.717, 1.165) is 11.1 Å². The molecule has 2 unspecified atom stereocenters. The number of rotatable bonds is 6. The van der Waals surface area contributed by atoms with Gasteiger partial charge in [-0.25, -0.2) is 19.6 Å². The zero-order valence-electron chi connectivity index (χ0n) is 10.6. The number of hydrogen-bond acceptors (Lipinski definition) is 4. The van der Waals surface area contributed by atoms with Crippen LogP contribution < -0.4 is 0 Å². The average Bonchev–Trinajstić information content (AvgIpc) is 2.42. The zero-order valence-corrected chi connectivity index (χ0v) is 10.6. The quantitative estimate of drug-likeness (QED) is 0.570. The molecule has 0 aliphatic carbocycles. The molecule has 0 radical (unpaired) electrons. The molecular formula is C14H16N2O2. The molecule has 0 spiro atoms. The first-order chi connectivity index (χ1) is 8.69. The maximum atomic E-state index is 10.1. The predicted octanol–water partition coefficient (Wildman–Crippen LogP) is 2.57. The first-order valence-electron chi connectivity index (χ1n) is 5.86. The minimum absolute atomic E-state index is 0.174. The zero-order chi connectivity index (χ0) is 13.4. The first-order valence-corrected chi connectivity index (χ1v) is 5.86. The maximum Gasteiger partial charge on any atom is 0.234 e. The summed E-state index contributed by atoms with van der Waals surface area (Å²) < 4.78 is 0. The lowest BCUT2D eigenvalue weighted by molar-refractivity contribution is 0.561. The minimum Gasteiger partial charge on any atom is -0.211 e. The Morgan fingerprint density at radius 2 is 1.44 bits per heavy atom. The summed E-state index contributed by atoms with van der Waals surface area (Å²) in [4.78, 5) is 27.4. The molecule has 0 saturated heterocycles. The number of hydrogen-bond donors (Lipinski definition) is 0. The second-order valence-corrected chi connectivity index (χ2v) is 4.34. The Bertz CT molecular complexity index is 445. The van der Waals surface area contributed by atoms with Crippen LogP contribution in [0.15, 0.2) is 34.3 Å². The number of nitrogens with zero attached hydrogens (tertiary/aromatic N) is 2. The highest BCUT2D eigenvalue weighted by molar-refractivity contribution is 5.35. The van der Waals surface area contributed by atoms with Crippen LogP contribution in [0.5, 0.6) is 0 Å². The van der Waals surface area contributed by atoms with Crippen LogP contribution in [0.2, 0.25) is 0 Å². The van der Waals surface area contributed by atoms with Crippen molar-refractivity contribution in [1.29, 1.82) is 0 Å². The molecule has 0 aliphatic rings. The van der Waals surface area contributed by atoms with Gasteiger partial charge in [0.1, 0.15) is 0 Å². The SMILES string of the molecule is CC(CN=C=O)c1cccc(C(C)CN=C=O)c1. The summed E-state index contributed by atoms with van der Waals surface area (Å²) in [5.41, 5.74) is 2.24. The van der Waals surface area contributed by atoms with Crippen LogP contribution in [0.3, 0.4) is 0 Å². The van der Waals surface area contributed by atoms with E-state index >= 15 is 0 Å². The number of aliphatic imine (C=N–C) groups is 2. The molecule has 1 aromatic carbocycles. The van der Waals surface area contributed by atoms with Crippen LogP contribution >= 0.6 is 0 Å². The molecule has 0 saturated carbocycles. The molecule has 0 amide bonds. The second-order valence-electron chi connectivity index (χ2n) is 4.34. The van der Waals surface area contributed by atoms with Crippen molar-refractivity contribution in [3.05, 3.63) is 35.4 Å². The Morgan fingerprint density at radius 3 is 1.83 bits per heavy atom. The van der Waals surface area contributed by atoms with E-state index in [9.17, 15) is 9.59 Å². The molecule has 0 fully saturated rings. The summed E-state index contributed by atoms with van der Waals surface area (Å²) in [5.74, 6) is 0.348. The summed E-state index contributed by atoms with van der Waals surface area (Å²) in [6.45, 7) is 4.89. The van der Waals surface area contributed by atoms with E-state index < -0.39 is 0 Å². The molecule has 4 heteroatoms. The van der Waals surface area contributed by atoms with Crippen molar-refractivity contribution >= 4 is 12.2 Å². The Morgan fingerprint density at radius 1 is 1.00 bits per heavy atom. The fourth-order valence-corrected chi connectivity index (χ4v) is 1.73. The largest absolute Gasteiger partial charge is 0.234 e. The molecule has 1 rings (SSSR count). The van der Waals surface area contributed by atoms with Gasteiger partial charge in [0, 0.05) is 11.8 Å². The lowest BCUT2D eigenvalue weighted by atomic mass is 9.94. The molecule has 94 valence electrons. The maximum absolute atomic E-state index is 10.1. The van der Waals surface area contributed by atoms with Gasteiger partial charge in [-0.15, -0.1) is 0 Å². The Hall–Kier alpha value is -2.02. The third-order valence-electron chi connectivity index (χ3n) is 2.91. The van der Waals surface area contributed by atoms with E-state index in [-0.39, 0.29) is 11.8 Å². The number of benzene rings is 1. The fraction of sp³-hybridized carbons (Fsp3) is 0.429. The van der Waals surface area contributed by atoms with Gasteiger partial charge in [0.15, 0.2) is 0 Å². The highest BCUT2D eigenvalue weighted by Crippen LogP contribution is 2.22.